The van der Waals surface area contributed by atoms with Crippen LogP contribution in [0.1, 0.15) is 5.56 Å². The zero-order chi connectivity index (χ0) is 12.3. The summed E-state index contributed by atoms with van der Waals surface area (Å²) in [6, 6.07) is 6.61. The van der Waals surface area contributed by atoms with Crippen LogP contribution in [0.15, 0.2) is 36.7 Å². The van der Waals surface area contributed by atoms with E-state index in [0.717, 1.165) is 5.56 Å². The molecule has 0 spiro atoms. The minimum Gasteiger partial charge on any atom is -0.508 e. The highest BCUT2D eigenvalue weighted by Crippen LogP contribution is 2.14. The Morgan fingerprint density at radius 3 is 2.71 bits per heavy atom. The number of carbonyl (C=O) groups is 1. The minimum atomic E-state index is -1.40. The Morgan fingerprint density at radius 1 is 1.35 bits per heavy atom. The van der Waals surface area contributed by atoms with Gasteiger partial charge in [-0.05, 0) is 17.7 Å². The Morgan fingerprint density at radius 2 is 2.06 bits per heavy atom. The summed E-state index contributed by atoms with van der Waals surface area (Å²) in [6.07, 6.45) is 1.67. The fourth-order valence-corrected chi connectivity index (χ4v) is 1.40. The lowest BCUT2D eigenvalue weighted by Gasteiger charge is -2.06. The first-order valence-corrected chi connectivity index (χ1v) is 4.85. The summed E-state index contributed by atoms with van der Waals surface area (Å²) in [5, 5.41) is 17.6. The van der Waals surface area contributed by atoms with Crippen LogP contribution in [0.4, 0.5) is 4.79 Å². The molecule has 0 aliphatic carbocycles. The number of hydrogen-bond acceptors (Lipinski definition) is 4. The maximum Gasteiger partial charge on any atom is 0.513 e. The van der Waals surface area contributed by atoms with Crippen molar-refractivity contribution in [2.24, 2.45) is 0 Å². The van der Waals surface area contributed by atoms with Gasteiger partial charge in [-0.2, -0.15) is 0 Å². The number of hydrogen-bond donors (Lipinski definition) is 2. The molecule has 2 rings (SSSR count). The quantitative estimate of drug-likeness (QED) is 0.789. The average Bonchev–Trinajstić information content (AvgIpc) is 2.68. The Labute approximate surface area is 96.7 Å². The number of imidazole rings is 1. The van der Waals surface area contributed by atoms with Gasteiger partial charge in [0.25, 0.3) is 0 Å². The average molecular weight is 234 g/mol. The monoisotopic (exact) mass is 234 g/mol. The van der Waals surface area contributed by atoms with Gasteiger partial charge < -0.3 is 14.9 Å². The van der Waals surface area contributed by atoms with Gasteiger partial charge in [-0.3, -0.25) is 4.57 Å². The van der Waals surface area contributed by atoms with Gasteiger partial charge in [0.1, 0.15) is 5.75 Å². The molecule has 0 unspecified atom stereocenters. The van der Waals surface area contributed by atoms with Crippen LogP contribution in [-0.4, -0.2) is 25.9 Å². The number of phenols is 1. The van der Waals surface area contributed by atoms with Crippen molar-refractivity contribution in [3.63, 3.8) is 0 Å². The summed E-state index contributed by atoms with van der Waals surface area (Å²) in [5.74, 6) is 0.182. The van der Waals surface area contributed by atoms with Crippen LogP contribution < -0.4 is 4.74 Å². The molecule has 0 aliphatic rings. The smallest absolute Gasteiger partial charge is 0.508 e. The summed E-state index contributed by atoms with van der Waals surface area (Å²) in [6.45, 7) is 0.420. The fraction of sp³-hybridized carbons (Fsp3) is 0.0909. The molecule has 1 heterocycles. The predicted molar refractivity (Wildman–Crippen MR) is 58.1 cm³/mol. The Kier molecular flexibility index (Phi) is 2.95. The summed E-state index contributed by atoms with van der Waals surface area (Å²) in [4.78, 5) is 14.2. The van der Waals surface area contributed by atoms with E-state index in [9.17, 15) is 4.79 Å². The van der Waals surface area contributed by atoms with Crippen LogP contribution >= 0.6 is 0 Å². The third-order valence-corrected chi connectivity index (χ3v) is 2.15. The number of nitrogens with zero attached hydrogens (tertiary/aromatic N) is 2. The number of aromatic nitrogens is 2. The highest BCUT2D eigenvalue weighted by molar-refractivity contribution is 5.59. The van der Waals surface area contributed by atoms with Gasteiger partial charge in [0, 0.05) is 12.4 Å². The molecule has 1 aromatic heterocycles. The van der Waals surface area contributed by atoms with Gasteiger partial charge in [-0.1, -0.05) is 12.1 Å². The summed E-state index contributed by atoms with van der Waals surface area (Å²) in [5.41, 5.74) is 0.899. The number of ether oxygens (including phenoxy) is 1. The second-order valence-corrected chi connectivity index (χ2v) is 3.37. The van der Waals surface area contributed by atoms with Gasteiger partial charge in [-0.15, -0.1) is 0 Å². The van der Waals surface area contributed by atoms with E-state index in [4.69, 9.17) is 10.2 Å². The molecule has 2 N–H and O–H groups in total. The van der Waals surface area contributed by atoms with Gasteiger partial charge in [0.2, 0.25) is 0 Å². The minimum absolute atomic E-state index is 0.0191. The fourth-order valence-electron chi connectivity index (χ4n) is 1.40. The Hall–Kier alpha value is -2.50. The predicted octanol–water partition coefficient (Wildman–Crippen LogP) is 1.69. The molecule has 2 aromatic rings. The van der Waals surface area contributed by atoms with E-state index in [2.05, 4.69) is 9.72 Å². The lowest BCUT2D eigenvalue weighted by atomic mass is 10.2. The molecule has 6 nitrogen and oxygen atoms in total. The molecule has 88 valence electrons. The molecule has 0 aliphatic heterocycles. The maximum absolute atomic E-state index is 10.4. The topological polar surface area (TPSA) is 84.6 Å². The molecule has 0 fully saturated rings. The highest BCUT2D eigenvalue weighted by atomic mass is 16.7. The summed E-state index contributed by atoms with van der Waals surface area (Å²) >= 11 is 0. The van der Waals surface area contributed by atoms with Crippen molar-refractivity contribution in [1.29, 1.82) is 0 Å². The molecular weight excluding hydrogens is 224 g/mol. The van der Waals surface area contributed by atoms with Gasteiger partial charge in [0.05, 0.1) is 6.54 Å². The van der Waals surface area contributed by atoms with Crippen LogP contribution in [0.3, 0.4) is 0 Å². The number of aromatic hydroxyl groups is 1. The zero-order valence-electron chi connectivity index (χ0n) is 8.78. The van der Waals surface area contributed by atoms with Crippen LogP contribution in [0.2, 0.25) is 0 Å². The molecule has 6 heteroatoms. The zero-order valence-corrected chi connectivity index (χ0v) is 8.78. The maximum atomic E-state index is 10.4. The molecule has 1 aromatic carbocycles. The van der Waals surface area contributed by atoms with Crippen LogP contribution in [0.5, 0.6) is 11.8 Å². The van der Waals surface area contributed by atoms with E-state index >= 15 is 0 Å². The Balaban J connectivity index is 2.15. The third kappa shape index (κ3) is 2.75. The van der Waals surface area contributed by atoms with Crippen LogP contribution in [-0.2, 0) is 6.54 Å². The van der Waals surface area contributed by atoms with Crippen LogP contribution in [0.25, 0.3) is 0 Å². The van der Waals surface area contributed by atoms with E-state index in [1.807, 2.05) is 0 Å². The third-order valence-electron chi connectivity index (χ3n) is 2.15. The summed E-state index contributed by atoms with van der Waals surface area (Å²) < 4.78 is 6.06. The normalized spacial score (nSPS) is 10.1. The van der Waals surface area contributed by atoms with Crippen molar-refractivity contribution in [3.8, 4) is 11.8 Å². The van der Waals surface area contributed by atoms with E-state index in [-0.39, 0.29) is 11.8 Å². The first-order chi connectivity index (χ1) is 8.15. The van der Waals surface area contributed by atoms with E-state index in [1.165, 1.54) is 6.20 Å². The van der Waals surface area contributed by atoms with E-state index < -0.39 is 6.16 Å². The number of rotatable bonds is 3. The highest BCUT2D eigenvalue weighted by Gasteiger charge is 2.08. The first-order valence-electron chi connectivity index (χ1n) is 4.85. The van der Waals surface area contributed by atoms with Crippen molar-refractivity contribution in [1.82, 2.24) is 9.55 Å². The molecule has 0 saturated heterocycles. The van der Waals surface area contributed by atoms with Gasteiger partial charge in [0.15, 0.2) is 0 Å². The largest absolute Gasteiger partial charge is 0.513 e. The molecule has 0 bridgehead atoms. The standard InChI is InChI=1S/C11H10N2O4/c14-9-3-1-8(2-4-9)7-13-6-5-12-10(13)17-11(15)16/h1-6,14H,7H2,(H,15,16). The molecule has 0 amide bonds. The van der Waals surface area contributed by atoms with Gasteiger partial charge in [-0.25, -0.2) is 9.78 Å². The van der Waals surface area contributed by atoms with Crippen LogP contribution in [0, 0.1) is 0 Å². The number of benzene rings is 1. The summed E-state index contributed by atoms with van der Waals surface area (Å²) in [7, 11) is 0. The van der Waals surface area contributed by atoms with Gasteiger partial charge >= 0.3 is 12.2 Å². The van der Waals surface area contributed by atoms with Crippen molar-refractivity contribution in [2.45, 2.75) is 6.54 Å². The lowest BCUT2D eigenvalue weighted by Crippen LogP contribution is -2.09. The molecule has 17 heavy (non-hydrogen) atoms. The molecule has 0 radical (unpaired) electrons. The van der Waals surface area contributed by atoms with Crippen molar-refractivity contribution < 1.29 is 19.7 Å². The lowest BCUT2D eigenvalue weighted by molar-refractivity contribution is 0.138. The number of phenolic OH excluding ortho intramolecular Hbond substituents is 1. The first kappa shape index (κ1) is 11.0. The SMILES string of the molecule is O=C(O)Oc1nccn1Cc1ccc(O)cc1. The number of carboxylic acid groups (broad SMARTS) is 1. The second kappa shape index (κ2) is 4.56. The van der Waals surface area contributed by atoms with E-state index in [1.54, 1.807) is 35.0 Å². The molecule has 0 saturated carbocycles. The molecular formula is C11H10N2O4. The van der Waals surface area contributed by atoms with E-state index in [0.29, 0.717) is 6.54 Å². The van der Waals surface area contributed by atoms with Crippen molar-refractivity contribution in [3.05, 3.63) is 42.2 Å². The van der Waals surface area contributed by atoms with Crippen molar-refractivity contribution in [2.75, 3.05) is 0 Å². The molecule has 0 atom stereocenters. The van der Waals surface area contributed by atoms with Crippen molar-refractivity contribution >= 4 is 6.16 Å². The second-order valence-electron chi connectivity index (χ2n) is 3.37. The Bertz CT molecular complexity index is 519.